The van der Waals surface area contributed by atoms with Crippen LogP contribution >= 0.6 is 0 Å². The van der Waals surface area contributed by atoms with Crippen LogP contribution < -0.4 is 16.0 Å². The van der Waals surface area contributed by atoms with Gasteiger partial charge in [-0.15, -0.1) is 13.2 Å². The lowest BCUT2D eigenvalue weighted by Crippen LogP contribution is -2.50. The topological polar surface area (TPSA) is 134 Å². The predicted octanol–water partition coefficient (Wildman–Crippen LogP) is 6.32. The normalized spacial score (nSPS) is 13.2. The second-order valence-corrected chi connectivity index (χ2v) is 12.9. The SMILES string of the molecule is C=CCCCC(Cc1ccccc1)C(=O)OCC(NC(=O)C(CC=C)CC(=O)NC(CO)Cc1ccccc1)C(=O)Nc1ccc2ccccc2c1. The van der Waals surface area contributed by atoms with E-state index in [1.165, 1.54) is 6.08 Å². The van der Waals surface area contributed by atoms with Crippen molar-refractivity contribution in [3.8, 4) is 0 Å². The van der Waals surface area contributed by atoms with Crippen LogP contribution in [0.3, 0.4) is 0 Å². The van der Waals surface area contributed by atoms with Crippen molar-refractivity contribution in [3.05, 3.63) is 140 Å². The highest BCUT2D eigenvalue weighted by Crippen LogP contribution is 2.21. The first-order chi connectivity index (χ1) is 25.3. The Hall–Kier alpha value is -5.54. The van der Waals surface area contributed by atoms with Crippen molar-refractivity contribution in [2.45, 2.75) is 57.0 Å². The number of fused-ring (bicyclic) bond motifs is 1. The standard InChI is InChI=1S/C43H49N3O6/c1-3-5-8-22-36(25-31-16-9-6-10-17-31)43(51)52-30-39(42(50)45-37-24-23-33-20-13-14-21-34(33)27-37)46-41(49)35(15-4-2)28-40(48)44-38(29-47)26-32-18-11-7-12-19-32/h3-4,6-7,9-14,16-21,23-24,27,35-36,38-39,47H,1-2,5,8,15,22,25-26,28-30H2,(H,44,48)(H,45,50)(H,46,49). The minimum absolute atomic E-state index is 0.156. The highest BCUT2D eigenvalue weighted by atomic mass is 16.5. The number of aliphatic hydroxyl groups excluding tert-OH is 1. The van der Waals surface area contributed by atoms with Crippen molar-refractivity contribution < 1.29 is 29.0 Å². The number of hydrogen-bond acceptors (Lipinski definition) is 6. The van der Waals surface area contributed by atoms with E-state index >= 15 is 0 Å². The summed E-state index contributed by atoms with van der Waals surface area (Å²) in [6.45, 7) is 6.85. The fourth-order valence-corrected chi connectivity index (χ4v) is 6.02. The van der Waals surface area contributed by atoms with Gasteiger partial charge in [-0.25, -0.2) is 0 Å². The van der Waals surface area contributed by atoms with Gasteiger partial charge in [0.1, 0.15) is 12.6 Å². The van der Waals surface area contributed by atoms with E-state index in [4.69, 9.17) is 4.74 Å². The Labute approximate surface area is 306 Å². The molecule has 0 saturated heterocycles. The molecule has 4 aromatic carbocycles. The third-order valence-corrected chi connectivity index (χ3v) is 8.83. The number of allylic oxidation sites excluding steroid dienone is 2. The first kappa shape index (κ1) is 39.2. The quantitative estimate of drug-likeness (QED) is 0.0456. The largest absolute Gasteiger partial charge is 0.463 e. The number of esters is 1. The van der Waals surface area contributed by atoms with Gasteiger partial charge in [0, 0.05) is 12.1 Å². The highest BCUT2D eigenvalue weighted by Gasteiger charge is 2.30. The van der Waals surface area contributed by atoms with Gasteiger partial charge in [0.25, 0.3) is 5.91 Å². The molecule has 0 aromatic heterocycles. The fourth-order valence-electron chi connectivity index (χ4n) is 6.02. The summed E-state index contributed by atoms with van der Waals surface area (Å²) in [6, 6.07) is 30.5. The Kier molecular flexibility index (Phi) is 15.8. The number of hydrogen-bond donors (Lipinski definition) is 4. The van der Waals surface area contributed by atoms with Crippen LogP contribution in [0.1, 0.15) is 43.2 Å². The summed E-state index contributed by atoms with van der Waals surface area (Å²) in [7, 11) is 0. The summed E-state index contributed by atoms with van der Waals surface area (Å²) in [5.41, 5.74) is 2.44. The van der Waals surface area contributed by atoms with Crippen LogP contribution in [0.25, 0.3) is 10.8 Å². The molecule has 4 N–H and O–H groups in total. The third-order valence-electron chi connectivity index (χ3n) is 8.83. The van der Waals surface area contributed by atoms with Crippen LogP contribution in [-0.2, 0) is 36.8 Å². The molecule has 0 aliphatic carbocycles. The summed E-state index contributed by atoms with van der Waals surface area (Å²) in [5, 5.41) is 20.3. The Morgan fingerprint density at radius 2 is 1.38 bits per heavy atom. The van der Waals surface area contributed by atoms with E-state index in [0.29, 0.717) is 24.9 Å². The van der Waals surface area contributed by atoms with E-state index in [-0.39, 0.29) is 19.4 Å². The lowest BCUT2D eigenvalue weighted by molar-refractivity contribution is -0.151. The Balaban J connectivity index is 1.48. The van der Waals surface area contributed by atoms with Crippen LogP contribution in [0.5, 0.6) is 0 Å². The maximum absolute atomic E-state index is 13.8. The number of carbonyl (C=O) groups is 4. The van der Waals surface area contributed by atoms with E-state index in [9.17, 15) is 24.3 Å². The lowest BCUT2D eigenvalue weighted by Gasteiger charge is -2.24. The second kappa shape index (κ2) is 21.0. The molecule has 0 saturated carbocycles. The molecule has 4 unspecified atom stereocenters. The molecular formula is C43H49N3O6. The van der Waals surface area contributed by atoms with Gasteiger partial charge in [0.15, 0.2) is 0 Å². The van der Waals surface area contributed by atoms with Crippen molar-refractivity contribution >= 4 is 40.2 Å². The van der Waals surface area contributed by atoms with Gasteiger partial charge < -0.3 is 25.8 Å². The first-order valence-electron chi connectivity index (χ1n) is 17.8. The number of benzene rings is 4. The Morgan fingerprint density at radius 3 is 2.04 bits per heavy atom. The van der Waals surface area contributed by atoms with Crippen LogP contribution in [0.15, 0.2) is 128 Å². The maximum Gasteiger partial charge on any atom is 0.309 e. The van der Waals surface area contributed by atoms with Gasteiger partial charge in [-0.3, -0.25) is 19.2 Å². The molecule has 4 rings (SSSR count). The molecule has 0 radical (unpaired) electrons. The van der Waals surface area contributed by atoms with Crippen LogP contribution in [-0.4, -0.2) is 54.1 Å². The van der Waals surface area contributed by atoms with Crippen LogP contribution in [0, 0.1) is 11.8 Å². The summed E-state index contributed by atoms with van der Waals surface area (Å²) in [4.78, 5) is 54.1. The van der Waals surface area contributed by atoms with E-state index in [1.54, 1.807) is 12.1 Å². The number of rotatable bonds is 21. The lowest BCUT2D eigenvalue weighted by atomic mass is 9.94. The average molecular weight is 704 g/mol. The van der Waals surface area contributed by atoms with Gasteiger partial charge >= 0.3 is 5.97 Å². The Morgan fingerprint density at radius 1 is 0.731 bits per heavy atom. The predicted molar refractivity (Wildman–Crippen MR) is 205 cm³/mol. The van der Waals surface area contributed by atoms with Crippen molar-refractivity contribution in [3.63, 3.8) is 0 Å². The number of nitrogens with one attached hydrogen (secondary N) is 3. The number of anilines is 1. The number of ether oxygens (including phenoxy) is 1. The Bertz CT molecular complexity index is 1780. The summed E-state index contributed by atoms with van der Waals surface area (Å²) < 4.78 is 5.78. The third kappa shape index (κ3) is 12.7. The maximum atomic E-state index is 13.8. The van der Waals surface area contributed by atoms with Gasteiger partial charge in [0.05, 0.1) is 24.5 Å². The van der Waals surface area contributed by atoms with Gasteiger partial charge in [-0.1, -0.05) is 103 Å². The van der Waals surface area contributed by atoms with Crippen LogP contribution in [0.4, 0.5) is 5.69 Å². The fraction of sp³-hybridized carbons (Fsp3) is 0.302. The van der Waals surface area contributed by atoms with Crippen molar-refractivity contribution in [2.24, 2.45) is 11.8 Å². The van der Waals surface area contributed by atoms with Gasteiger partial charge in [-0.05, 0) is 72.6 Å². The average Bonchev–Trinajstić information content (AvgIpc) is 3.16. The molecule has 0 spiro atoms. The molecule has 272 valence electrons. The highest BCUT2D eigenvalue weighted by molar-refractivity contribution is 5.99. The van der Waals surface area contributed by atoms with E-state index in [1.807, 2.05) is 97.1 Å². The molecule has 0 heterocycles. The minimum Gasteiger partial charge on any atom is -0.463 e. The van der Waals surface area contributed by atoms with E-state index < -0.39 is 54.2 Å². The van der Waals surface area contributed by atoms with Crippen molar-refractivity contribution in [1.82, 2.24) is 10.6 Å². The van der Waals surface area contributed by atoms with Crippen molar-refractivity contribution in [1.29, 1.82) is 0 Å². The second-order valence-electron chi connectivity index (χ2n) is 12.9. The minimum atomic E-state index is -1.26. The molecule has 4 atom stereocenters. The number of carbonyl (C=O) groups excluding carboxylic acids is 4. The molecule has 0 aliphatic rings. The molecule has 3 amide bonds. The molecule has 4 aromatic rings. The summed E-state index contributed by atoms with van der Waals surface area (Å²) >= 11 is 0. The van der Waals surface area contributed by atoms with E-state index in [0.717, 1.165) is 34.7 Å². The monoisotopic (exact) mass is 703 g/mol. The number of aliphatic hydroxyl groups is 1. The summed E-state index contributed by atoms with van der Waals surface area (Å²) in [5.74, 6) is -3.38. The van der Waals surface area contributed by atoms with E-state index in [2.05, 4.69) is 29.1 Å². The zero-order chi connectivity index (χ0) is 37.1. The molecule has 9 heteroatoms. The van der Waals surface area contributed by atoms with Gasteiger partial charge in [0.2, 0.25) is 11.8 Å². The molecule has 9 nitrogen and oxygen atoms in total. The number of amides is 3. The molecular weight excluding hydrogens is 654 g/mol. The molecule has 0 aliphatic heterocycles. The zero-order valence-electron chi connectivity index (χ0n) is 29.5. The van der Waals surface area contributed by atoms with Crippen molar-refractivity contribution in [2.75, 3.05) is 18.5 Å². The van der Waals surface area contributed by atoms with Gasteiger partial charge in [-0.2, -0.15) is 0 Å². The number of unbranched alkanes of at least 4 members (excludes halogenated alkanes) is 1. The molecule has 52 heavy (non-hydrogen) atoms. The zero-order valence-corrected chi connectivity index (χ0v) is 29.5. The summed E-state index contributed by atoms with van der Waals surface area (Å²) in [6.07, 6.45) is 6.23. The molecule has 0 fully saturated rings. The van der Waals surface area contributed by atoms with Crippen LogP contribution in [0.2, 0.25) is 0 Å². The smallest absolute Gasteiger partial charge is 0.309 e. The first-order valence-corrected chi connectivity index (χ1v) is 17.8. The molecule has 0 bridgehead atoms.